The number of alkyl halides is 1. The van der Waals surface area contributed by atoms with Crippen molar-refractivity contribution in [3.63, 3.8) is 0 Å². The summed E-state index contributed by atoms with van der Waals surface area (Å²) in [6.07, 6.45) is 3.98. The predicted octanol–water partition coefficient (Wildman–Crippen LogP) is 1.64. The minimum atomic E-state index is -0.926. The first kappa shape index (κ1) is 9.81. The zero-order chi connectivity index (χ0) is 8.97. The van der Waals surface area contributed by atoms with E-state index < -0.39 is 5.97 Å². The number of aliphatic carboxylic acids is 1. The van der Waals surface area contributed by atoms with Crippen LogP contribution in [-0.4, -0.2) is 29.2 Å². The smallest absolute Gasteiger partial charge is 0.329 e. The van der Waals surface area contributed by atoms with Gasteiger partial charge in [-0.2, -0.15) is 0 Å². The summed E-state index contributed by atoms with van der Waals surface area (Å²) in [5, 5.41) is 8.36. The van der Waals surface area contributed by atoms with Crippen LogP contribution < -0.4 is 0 Å². The quantitative estimate of drug-likeness (QED) is 0.692. The first-order chi connectivity index (χ1) is 5.70. The standard InChI is InChI=1S/C8H13ClO3/c9-6-3-1-2-4-7(6)12-5-8(10)11/h6-7H,1-5H2,(H,10,11)/t6-,7-/m1/s1. The molecule has 0 saturated heterocycles. The first-order valence-corrected chi connectivity index (χ1v) is 4.61. The van der Waals surface area contributed by atoms with Crippen LogP contribution in [0.25, 0.3) is 0 Å². The lowest BCUT2D eigenvalue weighted by molar-refractivity contribution is -0.144. The summed E-state index contributed by atoms with van der Waals surface area (Å²) in [4.78, 5) is 10.2. The molecule has 1 rings (SSSR count). The summed E-state index contributed by atoms with van der Waals surface area (Å²) < 4.78 is 5.13. The molecule has 1 aliphatic carbocycles. The van der Waals surface area contributed by atoms with Crippen LogP contribution in [0, 0.1) is 0 Å². The van der Waals surface area contributed by atoms with E-state index >= 15 is 0 Å². The van der Waals surface area contributed by atoms with Crippen LogP contribution in [0.4, 0.5) is 0 Å². The number of ether oxygens (including phenoxy) is 1. The summed E-state index contributed by atoms with van der Waals surface area (Å²) in [7, 11) is 0. The van der Waals surface area contributed by atoms with E-state index in [-0.39, 0.29) is 18.1 Å². The molecule has 0 spiro atoms. The fourth-order valence-corrected chi connectivity index (χ4v) is 1.77. The largest absolute Gasteiger partial charge is 0.480 e. The number of hydrogen-bond donors (Lipinski definition) is 1. The Morgan fingerprint density at radius 2 is 2.17 bits per heavy atom. The average molecular weight is 193 g/mol. The molecule has 2 atom stereocenters. The molecule has 0 unspecified atom stereocenters. The van der Waals surface area contributed by atoms with Crippen LogP contribution in [0.5, 0.6) is 0 Å². The molecule has 0 aliphatic heterocycles. The van der Waals surface area contributed by atoms with Crippen LogP contribution in [0.1, 0.15) is 25.7 Å². The van der Waals surface area contributed by atoms with Crippen molar-refractivity contribution in [2.75, 3.05) is 6.61 Å². The maximum Gasteiger partial charge on any atom is 0.329 e. The highest BCUT2D eigenvalue weighted by molar-refractivity contribution is 6.21. The van der Waals surface area contributed by atoms with Gasteiger partial charge in [-0.3, -0.25) is 0 Å². The lowest BCUT2D eigenvalue weighted by Crippen LogP contribution is -2.30. The SMILES string of the molecule is O=C(O)CO[C@@H]1CCCC[C@H]1Cl. The molecule has 1 saturated carbocycles. The summed E-state index contributed by atoms with van der Waals surface area (Å²) in [5.41, 5.74) is 0. The van der Waals surface area contributed by atoms with Gasteiger partial charge >= 0.3 is 5.97 Å². The lowest BCUT2D eigenvalue weighted by Gasteiger charge is -2.26. The maximum atomic E-state index is 10.2. The van der Waals surface area contributed by atoms with Gasteiger partial charge in [-0.05, 0) is 12.8 Å². The third-order valence-corrected chi connectivity index (χ3v) is 2.54. The number of halogens is 1. The molecule has 3 nitrogen and oxygen atoms in total. The molecule has 12 heavy (non-hydrogen) atoms. The molecule has 70 valence electrons. The zero-order valence-corrected chi connectivity index (χ0v) is 7.59. The Morgan fingerprint density at radius 3 is 2.75 bits per heavy atom. The normalized spacial score (nSPS) is 30.1. The van der Waals surface area contributed by atoms with Crippen molar-refractivity contribution in [1.29, 1.82) is 0 Å². The highest BCUT2D eigenvalue weighted by Gasteiger charge is 2.24. The van der Waals surface area contributed by atoms with Crippen molar-refractivity contribution in [2.24, 2.45) is 0 Å². The molecule has 0 aromatic heterocycles. The van der Waals surface area contributed by atoms with Crippen LogP contribution in [0.3, 0.4) is 0 Å². The summed E-state index contributed by atoms with van der Waals surface area (Å²) in [5.74, 6) is -0.926. The van der Waals surface area contributed by atoms with Gasteiger partial charge in [-0.1, -0.05) is 12.8 Å². The van der Waals surface area contributed by atoms with Gasteiger partial charge in [0.25, 0.3) is 0 Å². The highest BCUT2D eigenvalue weighted by atomic mass is 35.5. The monoisotopic (exact) mass is 192 g/mol. The molecule has 0 aromatic carbocycles. The lowest BCUT2D eigenvalue weighted by atomic mass is 9.97. The fourth-order valence-electron chi connectivity index (χ4n) is 1.42. The van der Waals surface area contributed by atoms with Gasteiger partial charge in [0.1, 0.15) is 6.61 Å². The minimum absolute atomic E-state index is 0.00176. The van der Waals surface area contributed by atoms with Gasteiger partial charge < -0.3 is 9.84 Å². The predicted molar refractivity (Wildman–Crippen MR) is 45.5 cm³/mol. The Bertz CT molecular complexity index is 160. The van der Waals surface area contributed by atoms with Crippen LogP contribution in [-0.2, 0) is 9.53 Å². The van der Waals surface area contributed by atoms with Crippen molar-refractivity contribution >= 4 is 17.6 Å². The summed E-state index contributed by atoms with van der Waals surface area (Å²) >= 11 is 5.95. The third kappa shape index (κ3) is 2.99. The minimum Gasteiger partial charge on any atom is -0.480 e. The Balaban J connectivity index is 2.24. The molecule has 0 bridgehead atoms. The molecular weight excluding hydrogens is 180 g/mol. The van der Waals surface area contributed by atoms with E-state index in [0.29, 0.717) is 0 Å². The van der Waals surface area contributed by atoms with Crippen molar-refractivity contribution in [3.8, 4) is 0 Å². The van der Waals surface area contributed by atoms with Crippen molar-refractivity contribution < 1.29 is 14.6 Å². The Kier molecular flexibility index (Phi) is 3.82. The number of carboxylic acids is 1. The van der Waals surface area contributed by atoms with Gasteiger partial charge in [0.2, 0.25) is 0 Å². The van der Waals surface area contributed by atoms with Crippen molar-refractivity contribution in [2.45, 2.75) is 37.2 Å². The van der Waals surface area contributed by atoms with Crippen molar-refractivity contribution in [3.05, 3.63) is 0 Å². The second-order valence-corrected chi connectivity index (χ2v) is 3.60. The van der Waals surface area contributed by atoms with E-state index in [4.69, 9.17) is 21.4 Å². The fraction of sp³-hybridized carbons (Fsp3) is 0.875. The van der Waals surface area contributed by atoms with E-state index in [9.17, 15) is 4.79 Å². The van der Waals surface area contributed by atoms with Gasteiger partial charge in [0, 0.05) is 0 Å². The molecule has 0 aromatic rings. The van der Waals surface area contributed by atoms with E-state index in [1.54, 1.807) is 0 Å². The Labute approximate surface area is 76.7 Å². The molecule has 0 heterocycles. The molecule has 0 amide bonds. The Morgan fingerprint density at radius 1 is 1.50 bits per heavy atom. The van der Waals surface area contributed by atoms with E-state index in [1.807, 2.05) is 0 Å². The van der Waals surface area contributed by atoms with E-state index in [2.05, 4.69) is 0 Å². The van der Waals surface area contributed by atoms with Gasteiger partial charge in [-0.15, -0.1) is 11.6 Å². The molecule has 1 fully saturated rings. The van der Waals surface area contributed by atoms with Crippen LogP contribution >= 0.6 is 11.6 Å². The van der Waals surface area contributed by atoms with E-state index in [1.165, 1.54) is 0 Å². The molecule has 0 radical (unpaired) electrons. The second-order valence-electron chi connectivity index (χ2n) is 3.04. The first-order valence-electron chi connectivity index (χ1n) is 4.17. The van der Waals surface area contributed by atoms with Crippen LogP contribution in [0.15, 0.2) is 0 Å². The van der Waals surface area contributed by atoms with E-state index in [0.717, 1.165) is 25.7 Å². The van der Waals surface area contributed by atoms with Gasteiger partial charge in [0.05, 0.1) is 11.5 Å². The number of rotatable bonds is 3. The summed E-state index contributed by atoms with van der Waals surface area (Å²) in [6.45, 7) is -0.228. The summed E-state index contributed by atoms with van der Waals surface area (Å²) in [6, 6.07) is 0. The zero-order valence-electron chi connectivity index (χ0n) is 6.83. The topological polar surface area (TPSA) is 46.5 Å². The van der Waals surface area contributed by atoms with Crippen LogP contribution in [0.2, 0.25) is 0 Å². The maximum absolute atomic E-state index is 10.2. The third-order valence-electron chi connectivity index (χ3n) is 2.04. The van der Waals surface area contributed by atoms with Gasteiger partial charge in [-0.25, -0.2) is 4.79 Å². The second kappa shape index (κ2) is 4.67. The molecular formula is C8H13ClO3. The molecule has 1 aliphatic rings. The molecule has 1 N–H and O–H groups in total. The highest BCUT2D eigenvalue weighted by Crippen LogP contribution is 2.25. The van der Waals surface area contributed by atoms with Gasteiger partial charge in [0.15, 0.2) is 0 Å². The molecule has 4 heteroatoms. The average Bonchev–Trinajstić information content (AvgIpc) is 2.03. The number of carboxylic acid groups (broad SMARTS) is 1. The van der Waals surface area contributed by atoms with Crippen molar-refractivity contribution in [1.82, 2.24) is 0 Å². The number of carbonyl (C=O) groups is 1. The number of hydrogen-bond acceptors (Lipinski definition) is 2. The Hall–Kier alpha value is -0.280.